The molecule has 0 heterocycles. The number of rotatable bonds is 8. The first-order valence-corrected chi connectivity index (χ1v) is 6.34. The summed E-state index contributed by atoms with van der Waals surface area (Å²) in [5, 5.41) is 8.82. The van der Waals surface area contributed by atoms with E-state index in [1.807, 2.05) is 6.92 Å². The Labute approximate surface area is 107 Å². The van der Waals surface area contributed by atoms with Gasteiger partial charge in [-0.3, -0.25) is 4.79 Å². The Bertz CT molecular complexity index is 292. The number of ether oxygens (including phenoxy) is 1. The SMILES string of the molecule is CCOCCN(C)C(=O)N(CC(=O)O)CC1CC1. The van der Waals surface area contributed by atoms with Gasteiger partial charge >= 0.3 is 12.0 Å². The van der Waals surface area contributed by atoms with Crippen molar-refractivity contribution in [2.75, 3.05) is 39.9 Å². The molecule has 0 bridgehead atoms. The topological polar surface area (TPSA) is 70.1 Å². The van der Waals surface area contributed by atoms with E-state index in [1.165, 1.54) is 9.80 Å². The summed E-state index contributed by atoms with van der Waals surface area (Å²) in [7, 11) is 1.67. The summed E-state index contributed by atoms with van der Waals surface area (Å²) in [4.78, 5) is 25.8. The molecule has 1 fully saturated rings. The lowest BCUT2D eigenvalue weighted by Gasteiger charge is -2.27. The standard InChI is InChI=1S/C12H22N2O4/c1-3-18-7-6-13(2)12(17)14(9-11(15)16)8-10-4-5-10/h10H,3-9H2,1-2H3,(H,15,16). The number of hydrogen-bond donors (Lipinski definition) is 1. The Kier molecular flexibility index (Phi) is 5.91. The summed E-state index contributed by atoms with van der Waals surface area (Å²) in [6, 6.07) is -0.232. The van der Waals surface area contributed by atoms with Crippen LogP contribution in [0.2, 0.25) is 0 Å². The van der Waals surface area contributed by atoms with E-state index in [1.54, 1.807) is 7.05 Å². The van der Waals surface area contributed by atoms with Gasteiger partial charge in [0.25, 0.3) is 0 Å². The van der Waals surface area contributed by atoms with Gasteiger partial charge in [-0.2, -0.15) is 0 Å². The molecule has 1 saturated carbocycles. The van der Waals surface area contributed by atoms with Gasteiger partial charge in [-0.25, -0.2) is 4.79 Å². The van der Waals surface area contributed by atoms with E-state index in [4.69, 9.17) is 9.84 Å². The first-order chi connectivity index (χ1) is 8.54. The molecule has 0 saturated heterocycles. The van der Waals surface area contributed by atoms with Crippen LogP contribution in [-0.4, -0.2) is 66.8 Å². The molecule has 0 aromatic rings. The lowest BCUT2D eigenvalue weighted by molar-refractivity contribution is -0.137. The van der Waals surface area contributed by atoms with Crippen molar-refractivity contribution in [2.45, 2.75) is 19.8 Å². The number of carboxylic acid groups (broad SMARTS) is 1. The Balaban J connectivity index is 2.42. The average molecular weight is 258 g/mol. The summed E-state index contributed by atoms with van der Waals surface area (Å²) in [5.41, 5.74) is 0. The predicted octanol–water partition coefficient (Wildman–Crippen LogP) is 0.871. The second kappa shape index (κ2) is 7.20. The third-order valence-corrected chi connectivity index (χ3v) is 2.87. The molecule has 0 unspecified atom stereocenters. The number of hydrogen-bond acceptors (Lipinski definition) is 3. The summed E-state index contributed by atoms with van der Waals surface area (Å²) >= 11 is 0. The molecule has 1 aliphatic carbocycles. The zero-order valence-electron chi connectivity index (χ0n) is 11.1. The van der Waals surface area contributed by atoms with E-state index in [0.717, 1.165) is 12.8 Å². The van der Waals surface area contributed by atoms with E-state index in [-0.39, 0.29) is 12.6 Å². The Morgan fingerprint density at radius 3 is 2.56 bits per heavy atom. The van der Waals surface area contributed by atoms with Crippen LogP contribution in [-0.2, 0) is 9.53 Å². The van der Waals surface area contributed by atoms with Crippen molar-refractivity contribution in [3.05, 3.63) is 0 Å². The molecule has 1 aliphatic rings. The van der Waals surface area contributed by atoms with E-state index in [0.29, 0.717) is 32.2 Å². The quantitative estimate of drug-likeness (QED) is 0.656. The van der Waals surface area contributed by atoms with Crippen LogP contribution >= 0.6 is 0 Å². The smallest absolute Gasteiger partial charge is 0.323 e. The van der Waals surface area contributed by atoms with Gasteiger partial charge in [-0.1, -0.05) is 0 Å². The molecule has 0 aliphatic heterocycles. The number of urea groups is 1. The maximum absolute atomic E-state index is 12.1. The van der Waals surface area contributed by atoms with Gasteiger partial charge in [-0.05, 0) is 25.7 Å². The van der Waals surface area contributed by atoms with Crippen molar-refractivity contribution >= 4 is 12.0 Å². The van der Waals surface area contributed by atoms with Gasteiger partial charge in [-0.15, -0.1) is 0 Å². The minimum absolute atomic E-state index is 0.228. The summed E-state index contributed by atoms with van der Waals surface area (Å²) < 4.78 is 5.18. The molecule has 0 aromatic carbocycles. The average Bonchev–Trinajstić information content (AvgIpc) is 3.10. The molecule has 104 valence electrons. The molecule has 0 atom stereocenters. The van der Waals surface area contributed by atoms with E-state index in [2.05, 4.69) is 0 Å². The third kappa shape index (κ3) is 5.35. The molecule has 2 amide bonds. The van der Waals surface area contributed by atoms with Crippen LogP contribution in [0.3, 0.4) is 0 Å². The third-order valence-electron chi connectivity index (χ3n) is 2.87. The highest BCUT2D eigenvalue weighted by atomic mass is 16.5. The summed E-state index contributed by atoms with van der Waals surface area (Å²) in [6.45, 7) is 3.78. The molecule has 0 spiro atoms. The largest absolute Gasteiger partial charge is 0.480 e. The normalized spacial score (nSPS) is 14.3. The number of carbonyl (C=O) groups is 2. The van der Waals surface area contributed by atoms with Crippen molar-refractivity contribution in [2.24, 2.45) is 5.92 Å². The molecule has 0 aromatic heterocycles. The second-order valence-electron chi connectivity index (χ2n) is 4.62. The summed E-state index contributed by atoms with van der Waals surface area (Å²) in [6.07, 6.45) is 2.18. The fourth-order valence-electron chi connectivity index (χ4n) is 1.67. The maximum Gasteiger partial charge on any atom is 0.323 e. The van der Waals surface area contributed by atoms with Crippen molar-refractivity contribution in [1.82, 2.24) is 9.80 Å². The van der Waals surface area contributed by atoms with Crippen molar-refractivity contribution in [1.29, 1.82) is 0 Å². The molecular formula is C12H22N2O4. The zero-order chi connectivity index (χ0) is 13.5. The first-order valence-electron chi connectivity index (χ1n) is 6.34. The lowest BCUT2D eigenvalue weighted by atomic mass is 10.3. The molecule has 1 N–H and O–H groups in total. The van der Waals surface area contributed by atoms with Crippen LogP contribution < -0.4 is 0 Å². The molecule has 18 heavy (non-hydrogen) atoms. The summed E-state index contributed by atoms with van der Waals surface area (Å²) in [5.74, 6) is -0.490. The lowest BCUT2D eigenvalue weighted by Crippen LogP contribution is -2.45. The van der Waals surface area contributed by atoms with Gasteiger partial charge in [0.05, 0.1) is 6.61 Å². The maximum atomic E-state index is 12.1. The van der Waals surface area contributed by atoms with Crippen molar-refractivity contribution in [3.63, 3.8) is 0 Å². The minimum atomic E-state index is -0.970. The van der Waals surface area contributed by atoms with Gasteiger partial charge in [0.1, 0.15) is 6.54 Å². The Morgan fingerprint density at radius 1 is 1.39 bits per heavy atom. The first kappa shape index (κ1) is 14.8. The number of aliphatic carboxylic acids is 1. The van der Waals surface area contributed by atoms with Crippen molar-refractivity contribution in [3.8, 4) is 0 Å². The molecule has 1 rings (SSSR count). The minimum Gasteiger partial charge on any atom is -0.480 e. The molecule has 6 nitrogen and oxygen atoms in total. The van der Waals surface area contributed by atoms with Crippen LogP contribution in [0, 0.1) is 5.92 Å². The predicted molar refractivity (Wildman–Crippen MR) is 66.5 cm³/mol. The van der Waals surface area contributed by atoms with E-state index >= 15 is 0 Å². The highest BCUT2D eigenvalue weighted by molar-refractivity contribution is 5.80. The highest BCUT2D eigenvalue weighted by Crippen LogP contribution is 2.29. The Hall–Kier alpha value is -1.30. The fourth-order valence-corrected chi connectivity index (χ4v) is 1.67. The van der Waals surface area contributed by atoms with Crippen LogP contribution in [0.15, 0.2) is 0 Å². The number of nitrogens with zero attached hydrogens (tertiary/aromatic N) is 2. The van der Waals surface area contributed by atoms with Gasteiger partial charge in [0.15, 0.2) is 0 Å². The van der Waals surface area contributed by atoms with E-state index in [9.17, 15) is 9.59 Å². The van der Waals surface area contributed by atoms with Gasteiger partial charge in [0.2, 0.25) is 0 Å². The molecule has 6 heteroatoms. The zero-order valence-corrected chi connectivity index (χ0v) is 11.1. The van der Waals surface area contributed by atoms with Crippen LogP contribution in [0.1, 0.15) is 19.8 Å². The van der Waals surface area contributed by atoms with Crippen molar-refractivity contribution < 1.29 is 19.4 Å². The second-order valence-corrected chi connectivity index (χ2v) is 4.62. The van der Waals surface area contributed by atoms with Crippen LogP contribution in [0.4, 0.5) is 4.79 Å². The van der Waals surface area contributed by atoms with Gasteiger partial charge < -0.3 is 19.6 Å². The highest BCUT2D eigenvalue weighted by Gasteiger charge is 2.29. The molecule has 0 radical (unpaired) electrons. The monoisotopic (exact) mass is 258 g/mol. The fraction of sp³-hybridized carbons (Fsp3) is 0.833. The molecular weight excluding hydrogens is 236 g/mol. The van der Waals surface area contributed by atoms with Gasteiger partial charge in [0, 0.05) is 26.7 Å². The number of likely N-dealkylation sites (N-methyl/N-ethyl adjacent to an activating group) is 1. The number of amides is 2. The van der Waals surface area contributed by atoms with E-state index < -0.39 is 5.97 Å². The Morgan fingerprint density at radius 2 is 2.06 bits per heavy atom. The number of carboxylic acids is 1. The van der Waals surface area contributed by atoms with Crippen LogP contribution in [0.5, 0.6) is 0 Å². The number of carbonyl (C=O) groups excluding carboxylic acids is 1. The van der Waals surface area contributed by atoms with Crippen LogP contribution in [0.25, 0.3) is 0 Å².